The topological polar surface area (TPSA) is 46.5 Å². The minimum Gasteiger partial charge on any atom is -0.380 e. The first kappa shape index (κ1) is 9.24. The van der Waals surface area contributed by atoms with Crippen LogP contribution in [0.2, 0.25) is 0 Å². The highest BCUT2D eigenvalue weighted by Crippen LogP contribution is 2.65. The van der Waals surface area contributed by atoms with Gasteiger partial charge >= 0.3 is 0 Å². The molecule has 66 valence electrons. The summed E-state index contributed by atoms with van der Waals surface area (Å²) >= 11 is 0. The summed E-state index contributed by atoms with van der Waals surface area (Å²) in [6, 6.07) is 0. The second-order valence-corrected chi connectivity index (χ2v) is 6.93. The van der Waals surface area contributed by atoms with Gasteiger partial charge in [-0.15, -0.1) is 0 Å². The van der Waals surface area contributed by atoms with E-state index in [4.69, 9.17) is 4.52 Å². The van der Waals surface area contributed by atoms with E-state index in [1.807, 2.05) is 13.8 Å². The number of hydrogen-bond donors (Lipinski definition) is 1. The van der Waals surface area contributed by atoms with Crippen LogP contribution in [0.15, 0.2) is 0 Å². The fourth-order valence-electron chi connectivity index (χ4n) is 1.55. The summed E-state index contributed by atoms with van der Waals surface area (Å²) in [6.45, 7) is 6.74. The van der Waals surface area contributed by atoms with E-state index in [0.717, 1.165) is 0 Å². The third-order valence-electron chi connectivity index (χ3n) is 2.06. The Balaban J connectivity index is 2.99. The van der Waals surface area contributed by atoms with Crippen LogP contribution in [-0.2, 0) is 9.09 Å². The van der Waals surface area contributed by atoms with E-state index in [1.165, 1.54) is 6.66 Å². The molecule has 11 heavy (non-hydrogen) atoms. The van der Waals surface area contributed by atoms with Crippen molar-refractivity contribution in [3.05, 3.63) is 0 Å². The van der Waals surface area contributed by atoms with Crippen LogP contribution in [-0.4, -0.2) is 22.7 Å². The maximum atomic E-state index is 11.6. The van der Waals surface area contributed by atoms with Crippen molar-refractivity contribution in [2.45, 2.75) is 38.1 Å². The lowest BCUT2D eigenvalue weighted by molar-refractivity contribution is 0.0932. The van der Waals surface area contributed by atoms with Gasteiger partial charge in [0, 0.05) is 13.1 Å². The predicted octanol–water partition coefficient (Wildman–Crippen LogP) is 1.80. The van der Waals surface area contributed by atoms with Gasteiger partial charge in [-0.25, -0.2) is 0 Å². The maximum absolute atomic E-state index is 11.6. The molecule has 0 unspecified atom stereocenters. The highest BCUT2D eigenvalue weighted by Gasteiger charge is 2.53. The molecule has 0 radical (unpaired) electrons. The minimum atomic E-state index is -2.81. The summed E-state index contributed by atoms with van der Waals surface area (Å²) in [7, 11) is -2.81. The first-order chi connectivity index (χ1) is 4.66. The molecule has 0 bridgehead atoms. The predicted molar refractivity (Wildman–Crippen MR) is 43.9 cm³/mol. The summed E-state index contributed by atoms with van der Waals surface area (Å²) in [5.41, 5.74) is -0.451. The standard InChI is InChI=1S/C7H15O3P/c1-6(2)5-7(3,8)11(4,9)10-6/h8H,5H2,1-4H3/t7-,11-/m1/s1. The van der Waals surface area contributed by atoms with E-state index in [2.05, 4.69) is 0 Å². The van der Waals surface area contributed by atoms with E-state index < -0.39 is 18.3 Å². The van der Waals surface area contributed by atoms with Crippen LogP contribution in [0.1, 0.15) is 27.2 Å². The van der Waals surface area contributed by atoms with Crippen molar-refractivity contribution in [3.8, 4) is 0 Å². The lowest BCUT2D eigenvalue weighted by atomic mass is 10.0. The quantitative estimate of drug-likeness (QED) is 0.575. The van der Waals surface area contributed by atoms with Gasteiger partial charge < -0.3 is 9.63 Å². The Hall–Kier alpha value is 0.150. The molecule has 0 spiro atoms. The zero-order valence-corrected chi connectivity index (χ0v) is 8.31. The molecule has 1 N–H and O–H groups in total. The van der Waals surface area contributed by atoms with Gasteiger partial charge in [0.05, 0.1) is 5.60 Å². The Morgan fingerprint density at radius 2 is 1.91 bits per heavy atom. The highest BCUT2D eigenvalue weighted by atomic mass is 31.2. The molecule has 1 heterocycles. The summed E-state index contributed by atoms with van der Waals surface area (Å²) in [6.07, 6.45) is 0.438. The summed E-state index contributed by atoms with van der Waals surface area (Å²) in [5.74, 6) is 0. The molecule has 1 saturated heterocycles. The average molecular weight is 178 g/mol. The second kappa shape index (κ2) is 2.09. The van der Waals surface area contributed by atoms with Crippen molar-refractivity contribution in [3.63, 3.8) is 0 Å². The van der Waals surface area contributed by atoms with Crippen molar-refractivity contribution < 1.29 is 14.2 Å². The monoisotopic (exact) mass is 178 g/mol. The van der Waals surface area contributed by atoms with Crippen LogP contribution in [0.4, 0.5) is 0 Å². The van der Waals surface area contributed by atoms with Crippen molar-refractivity contribution in [1.29, 1.82) is 0 Å². The molecule has 1 aliphatic rings. The largest absolute Gasteiger partial charge is 0.380 e. The Bertz CT molecular complexity index is 220. The van der Waals surface area contributed by atoms with Gasteiger partial charge in [-0.3, -0.25) is 4.57 Å². The molecule has 0 aromatic carbocycles. The van der Waals surface area contributed by atoms with Crippen LogP contribution in [0, 0.1) is 0 Å². The van der Waals surface area contributed by atoms with Crippen molar-refractivity contribution in [2.75, 3.05) is 6.66 Å². The van der Waals surface area contributed by atoms with Gasteiger partial charge in [0.2, 0.25) is 7.37 Å². The van der Waals surface area contributed by atoms with Crippen molar-refractivity contribution in [1.82, 2.24) is 0 Å². The lowest BCUT2D eigenvalue weighted by Crippen LogP contribution is -2.24. The van der Waals surface area contributed by atoms with Crippen LogP contribution >= 0.6 is 7.37 Å². The maximum Gasteiger partial charge on any atom is 0.231 e. The van der Waals surface area contributed by atoms with Crippen LogP contribution in [0.3, 0.4) is 0 Å². The molecule has 1 fully saturated rings. The summed E-state index contributed by atoms with van der Waals surface area (Å²) in [5, 5.41) is 8.53. The van der Waals surface area contributed by atoms with Crippen molar-refractivity contribution in [2.24, 2.45) is 0 Å². The molecular formula is C7H15O3P. The fourth-order valence-corrected chi connectivity index (χ4v) is 3.42. The molecular weight excluding hydrogens is 163 g/mol. The first-order valence-electron chi connectivity index (χ1n) is 3.67. The van der Waals surface area contributed by atoms with Gasteiger partial charge in [-0.2, -0.15) is 0 Å². The van der Waals surface area contributed by atoms with Gasteiger partial charge in [0.15, 0.2) is 0 Å². The average Bonchev–Trinajstić information content (AvgIpc) is 1.66. The zero-order chi connectivity index (χ0) is 8.91. The fraction of sp³-hybridized carbons (Fsp3) is 1.00. The molecule has 0 saturated carbocycles. The Morgan fingerprint density at radius 3 is 2.00 bits per heavy atom. The molecule has 4 heteroatoms. The lowest BCUT2D eigenvalue weighted by Gasteiger charge is -2.19. The van der Waals surface area contributed by atoms with E-state index in [0.29, 0.717) is 6.42 Å². The summed E-state index contributed by atoms with van der Waals surface area (Å²) < 4.78 is 16.9. The Kier molecular flexibility index (Phi) is 1.76. The van der Waals surface area contributed by atoms with Crippen molar-refractivity contribution >= 4 is 7.37 Å². The molecule has 0 aliphatic carbocycles. The number of rotatable bonds is 0. The third-order valence-corrected chi connectivity index (χ3v) is 4.81. The van der Waals surface area contributed by atoms with Crippen LogP contribution in [0.25, 0.3) is 0 Å². The van der Waals surface area contributed by atoms with E-state index in [9.17, 15) is 9.67 Å². The third kappa shape index (κ3) is 1.51. The Labute approximate surface area is 67.2 Å². The van der Waals surface area contributed by atoms with E-state index >= 15 is 0 Å². The Morgan fingerprint density at radius 1 is 1.45 bits per heavy atom. The smallest absolute Gasteiger partial charge is 0.231 e. The zero-order valence-electron chi connectivity index (χ0n) is 7.42. The molecule has 3 nitrogen and oxygen atoms in total. The van der Waals surface area contributed by atoms with E-state index in [-0.39, 0.29) is 0 Å². The second-order valence-electron chi connectivity index (χ2n) is 4.09. The normalized spacial score (nSPS) is 49.5. The highest BCUT2D eigenvalue weighted by molar-refractivity contribution is 7.59. The molecule has 0 aromatic rings. The van der Waals surface area contributed by atoms with Gasteiger partial charge in [0.25, 0.3) is 0 Å². The first-order valence-corrected chi connectivity index (χ1v) is 5.74. The SMILES string of the molecule is CC1(C)C[C@](C)(O)[P@](C)(=O)O1. The minimum absolute atomic E-state index is 0.438. The molecule has 0 amide bonds. The summed E-state index contributed by atoms with van der Waals surface area (Å²) in [4.78, 5) is 0. The van der Waals surface area contributed by atoms with Crippen LogP contribution in [0.5, 0.6) is 0 Å². The molecule has 2 atom stereocenters. The van der Waals surface area contributed by atoms with Gasteiger partial charge in [-0.1, -0.05) is 0 Å². The van der Waals surface area contributed by atoms with Gasteiger partial charge in [0.1, 0.15) is 5.34 Å². The molecule has 1 aliphatic heterocycles. The van der Waals surface area contributed by atoms with E-state index in [1.54, 1.807) is 6.92 Å². The molecule has 0 aromatic heterocycles. The van der Waals surface area contributed by atoms with Crippen LogP contribution < -0.4 is 0 Å². The van der Waals surface area contributed by atoms with Gasteiger partial charge in [-0.05, 0) is 20.8 Å². The number of aliphatic hydroxyl groups is 1. The number of hydrogen-bond acceptors (Lipinski definition) is 3. The molecule has 1 rings (SSSR count).